The topological polar surface area (TPSA) is 12.9 Å². The third kappa shape index (κ3) is 2.74. The molecule has 3 aromatic rings. The van der Waals surface area contributed by atoms with E-state index in [1.165, 1.54) is 11.1 Å². The summed E-state index contributed by atoms with van der Waals surface area (Å²) >= 11 is 3.45. The van der Waals surface area contributed by atoms with Crippen molar-refractivity contribution in [2.75, 3.05) is 0 Å². The highest BCUT2D eigenvalue weighted by Gasteiger charge is 2.02. The molecule has 0 aliphatic carbocycles. The predicted octanol–water partition coefficient (Wildman–Crippen LogP) is 5.18. The van der Waals surface area contributed by atoms with Crippen molar-refractivity contribution in [2.45, 2.75) is 0 Å². The second kappa shape index (κ2) is 5.37. The molecule has 0 saturated heterocycles. The van der Waals surface area contributed by atoms with Gasteiger partial charge in [-0.1, -0.05) is 58.4 Å². The first-order valence-electron chi connectivity index (χ1n) is 6.10. The quantitative estimate of drug-likeness (QED) is 0.635. The van der Waals surface area contributed by atoms with Gasteiger partial charge in [-0.3, -0.25) is 4.98 Å². The molecule has 1 heterocycles. The molecule has 0 spiro atoms. The summed E-state index contributed by atoms with van der Waals surface area (Å²) in [4.78, 5) is 4.45. The fourth-order valence-corrected chi connectivity index (χ4v) is 2.28. The Morgan fingerprint density at radius 1 is 0.684 bits per heavy atom. The molecule has 1 aromatic heterocycles. The maximum absolute atomic E-state index is 4.45. The second-order valence-electron chi connectivity index (χ2n) is 4.30. The number of pyridine rings is 1. The van der Waals surface area contributed by atoms with E-state index in [2.05, 4.69) is 63.4 Å². The van der Waals surface area contributed by atoms with Crippen molar-refractivity contribution in [2.24, 2.45) is 0 Å². The number of hydrogen-bond acceptors (Lipinski definition) is 1. The highest BCUT2D eigenvalue weighted by Crippen LogP contribution is 2.25. The van der Waals surface area contributed by atoms with Crippen molar-refractivity contribution in [1.29, 1.82) is 0 Å². The summed E-state index contributed by atoms with van der Waals surface area (Å²) in [5.74, 6) is 0. The molecule has 0 aliphatic rings. The minimum absolute atomic E-state index is 0.994. The van der Waals surface area contributed by atoms with E-state index in [0.717, 1.165) is 15.7 Å². The molecule has 0 aliphatic heterocycles. The van der Waals surface area contributed by atoms with Gasteiger partial charge in [0.05, 0.1) is 5.69 Å². The highest BCUT2D eigenvalue weighted by atomic mass is 79.9. The summed E-state index contributed by atoms with van der Waals surface area (Å²) in [6.07, 6.45) is 1.86. The fourth-order valence-electron chi connectivity index (χ4n) is 2.02. The minimum atomic E-state index is 0.994. The normalized spacial score (nSPS) is 10.4. The van der Waals surface area contributed by atoms with Crippen molar-refractivity contribution in [3.63, 3.8) is 0 Å². The molecule has 0 amide bonds. The summed E-state index contributed by atoms with van der Waals surface area (Å²) in [5, 5.41) is 0. The van der Waals surface area contributed by atoms with Gasteiger partial charge < -0.3 is 0 Å². The predicted molar refractivity (Wildman–Crippen MR) is 82.8 cm³/mol. The molecule has 0 saturated carbocycles. The van der Waals surface area contributed by atoms with Gasteiger partial charge in [-0.05, 0) is 35.4 Å². The van der Waals surface area contributed by atoms with E-state index >= 15 is 0 Å². The van der Waals surface area contributed by atoms with Crippen molar-refractivity contribution in [1.82, 2.24) is 4.98 Å². The standard InChI is InChI=1S/C17H12BrN/c18-16-8-6-14(7-9-16)17-12-15(10-11-19-17)13-4-2-1-3-5-13/h1-12H. The van der Waals surface area contributed by atoms with Gasteiger partial charge in [0.15, 0.2) is 0 Å². The van der Waals surface area contributed by atoms with Gasteiger partial charge in [0.2, 0.25) is 0 Å². The molecule has 3 rings (SSSR count). The molecule has 0 radical (unpaired) electrons. The number of aromatic nitrogens is 1. The largest absolute Gasteiger partial charge is 0.256 e. The van der Waals surface area contributed by atoms with Crippen LogP contribution in [0.1, 0.15) is 0 Å². The van der Waals surface area contributed by atoms with Crippen molar-refractivity contribution in [3.05, 3.63) is 77.4 Å². The van der Waals surface area contributed by atoms with Gasteiger partial charge in [-0.2, -0.15) is 0 Å². The molecular formula is C17H12BrN. The Kier molecular flexibility index (Phi) is 3.43. The Balaban J connectivity index is 2.03. The Morgan fingerprint density at radius 2 is 1.42 bits per heavy atom. The maximum atomic E-state index is 4.45. The first-order chi connectivity index (χ1) is 9.33. The number of hydrogen-bond donors (Lipinski definition) is 0. The molecule has 2 aromatic carbocycles. The van der Waals surface area contributed by atoms with Gasteiger partial charge in [0, 0.05) is 16.2 Å². The minimum Gasteiger partial charge on any atom is -0.256 e. The monoisotopic (exact) mass is 309 g/mol. The first kappa shape index (κ1) is 12.1. The van der Waals surface area contributed by atoms with Gasteiger partial charge in [-0.25, -0.2) is 0 Å². The molecule has 2 heteroatoms. The zero-order valence-corrected chi connectivity index (χ0v) is 11.8. The van der Waals surface area contributed by atoms with E-state index in [9.17, 15) is 0 Å². The van der Waals surface area contributed by atoms with Crippen molar-refractivity contribution in [3.8, 4) is 22.4 Å². The van der Waals surface area contributed by atoms with Crippen molar-refractivity contribution >= 4 is 15.9 Å². The van der Waals surface area contributed by atoms with Crippen LogP contribution in [-0.2, 0) is 0 Å². The maximum Gasteiger partial charge on any atom is 0.0708 e. The van der Waals surface area contributed by atoms with E-state index in [-0.39, 0.29) is 0 Å². The van der Waals surface area contributed by atoms with E-state index in [1.54, 1.807) is 0 Å². The van der Waals surface area contributed by atoms with Gasteiger partial charge in [0.25, 0.3) is 0 Å². The summed E-state index contributed by atoms with van der Waals surface area (Å²) in [7, 11) is 0. The van der Waals surface area contributed by atoms with Crippen molar-refractivity contribution < 1.29 is 0 Å². The second-order valence-corrected chi connectivity index (χ2v) is 5.22. The smallest absolute Gasteiger partial charge is 0.0708 e. The number of benzene rings is 2. The van der Waals surface area contributed by atoms with Crippen LogP contribution in [-0.4, -0.2) is 4.98 Å². The van der Waals surface area contributed by atoms with Gasteiger partial charge in [0.1, 0.15) is 0 Å². The zero-order valence-electron chi connectivity index (χ0n) is 10.3. The van der Waals surface area contributed by atoms with Crippen LogP contribution in [0.25, 0.3) is 22.4 Å². The van der Waals surface area contributed by atoms with Crippen LogP contribution in [0.15, 0.2) is 77.4 Å². The Morgan fingerprint density at radius 3 is 2.16 bits per heavy atom. The Bertz CT molecular complexity index is 675. The van der Waals surface area contributed by atoms with Crippen LogP contribution >= 0.6 is 15.9 Å². The SMILES string of the molecule is Brc1ccc(-c2cc(-c3ccccc3)ccn2)cc1. The molecule has 19 heavy (non-hydrogen) atoms. The molecule has 92 valence electrons. The lowest BCUT2D eigenvalue weighted by Crippen LogP contribution is -1.85. The lowest BCUT2D eigenvalue weighted by atomic mass is 10.0. The third-order valence-corrected chi connectivity index (χ3v) is 3.54. The van der Waals surface area contributed by atoms with Crippen LogP contribution < -0.4 is 0 Å². The Hall–Kier alpha value is -1.93. The van der Waals surface area contributed by atoms with Crippen LogP contribution in [0, 0.1) is 0 Å². The van der Waals surface area contributed by atoms with E-state index in [1.807, 2.05) is 30.5 Å². The molecular weight excluding hydrogens is 298 g/mol. The fraction of sp³-hybridized carbons (Fsp3) is 0. The first-order valence-corrected chi connectivity index (χ1v) is 6.90. The molecule has 0 fully saturated rings. The lowest BCUT2D eigenvalue weighted by molar-refractivity contribution is 1.32. The molecule has 1 nitrogen and oxygen atoms in total. The molecule has 0 N–H and O–H groups in total. The number of nitrogens with zero attached hydrogens (tertiary/aromatic N) is 1. The highest BCUT2D eigenvalue weighted by molar-refractivity contribution is 9.10. The zero-order chi connectivity index (χ0) is 13.1. The summed E-state index contributed by atoms with van der Waals surface area (Å²) in [6.45, 7) is 0. The molecule has 0 atom stereocenters. The van der Waals surface area contributed by atoms with E-state index < -0.39 is 0 Å². The molecule has 0 unspecified atom stereocenters. The average Bonchev–Trinajstić information content (AvgIpc) is 2.49. The van der Waals surface area contributed by atoms with Gasteiger partial charge in [-0.15, -0.1) is 0 Å². The summed E-state index contributed by atoms with van der Waals surface area (Å²) in [6, 6.07) is 22.7. The van der Waals surface area contributed by atoms with Crippen LogP contribution in [0.3, 0.4) is 0 Å². The average molecular weight is 310 g/mol. The lowest BCUT2D eigenvalue weighted by Gasteiger charge is -2.05. The number of halogens is 1. The Labute approximate surface area is 121 Å². The molecule has 0 bridgehead atoms. The third-order valence-electron chi connectivity index (χ3n) is 3.01. The summed E-state index contributed by atoms with van der Waals surface area (Å²) in [5.41, 5.74) is 4.52. The van der Waals surface area contributed by atoms with Gasteiger partial charge >= 0.3 is 0 Å². The summed E-state index contributed by atoms with van der Waals surface area (Å²) < 4.78 is 1.08. The van der Waals surface area contributed by atoms with E-state index in [4.69, 9.17) is 0 Å². The van der Waals surface area contributed by atoms with Crippen LogP contribution in [0.4, 0.5) is 0 Å². The van der Waals surface area contributed by atoms with Crippen LogP contribution in [0.2, 0.25) is 0 Å². The van der Waals surface area contributed by atoms with Crippen LogP contribution in [0.5, 0.6) is 0 Å². The number of rotatable bonds is 2. The van der Waals surface area contributed by atoms with E-state index in [0.29, 0.717) is 0 Å².